The summed E-state index contributed by atoms with van der Waals surface area (Å²) < 4.78 is 55.5. The molecular weight excluding hydrogens is 570 g/mol. The molecule has 0 aromatic carbocycles. The fourth-order valence-electron chi connectivity index (χ4n) is 4.79. The molecule has 214 valence electrons. The molecule has 0 amide bonds. The van der Waals surface area contributed by atoms with E-state index in [0.717, 1.165) is 0 Å². The molecule has 0 aliphatic carbocycles. The molecule has 18 nitrogen and oxygen atoms in total. The first-order valence-electron chi connectivity index (χ1n) is 12.2. The van der Waals surface area contributed by atoms with Gasteiger partial charge in [-0.2, -0.15) is 0 Å². The van der Waals surface area contributed by atoms with E-state index in [9.17, 15) is 9.13 Å². The highest BCUT2D eigenvalue weighted by atomic mass is 31.1. The quantitative estimate of drug-likeness (QED) is 0.216. The van der Waals surface area contributed by atoms with Crippen LogP contribution >= 0.6 is 16.5 Å². The van der Waals surface area contributed by atoms with E-state index in [0.29, 0.717) is 35.2 Å². The molecule has 2 aliphatic rings. The number of fused-ring (bicyclic) bond motifs is 2. The summed E-state index contributed by atoms with van der Waals surface area (Å²) in [7, 11) is -6.23. The van der Waals surface area contributed by atoms with Gasteiger partial charge in [0.2, 0.25) is 0 Å². The minimum absolute atomic E-state index is 0.0307. The molecule has 0 bridgehead atoms. The van der Waals surface area contributed by atoms with Gasteiger partial charge in [0.25, 0.3) is 0 Å². The van der Waals surface area contributed by atoms with Crippen LogP contribution in [-0.4, -0.2) is 75.5 Å². The highest BCUT2D eigenvalue weighted by Crippen LogP contribution is 2.40. The predicted octanol–water partition coefficient (Wildman–Crippen LogP) is 0.986. The minimum Gasteiger partial charge on any atom is -0.382 e. The molecule has 20 heteroatoms. The summed E-state index contributed by atoms with van der Waals surface area (Å²) in [4.78, 5) is 33.9. The summed E-state index contributed by atoms with van der Waals surface area (Å²) in [6, 6.07) is 0. The van der Waals surface area contributed by atoms with Gasteiger partial charge < -0.3 is 39.4 Å². The molecule has 2 fully saturated rings. The first kappa shape index (κ1) is 27.1. The lowest BCUT2D eigenvalue weighted by Crippen LogP contribution is -2.27. The Labute approximate surface area is 226 Å². The molecule has 40 heavy (non-hydrogen) atoms. The second kappa shape index (κ2) is 11.4. The monoisotopic (exact) mass is 596 g/mol. The van der Waals surface area contributed by atoms with Crippen molar-refractivity contribution in [2.24, 2.45) is 0 Å². The van der Waals surface area contributed by atoms with Gasteiger partial charge in [-0.3, -0.25) is 18.3 Å². The Morgan fingerprint density at radius 3 is 2.17 bits per heavy atom. The number of imidazole rings is 2. The highest BCUT2D eigenvalue weighted by molar-refractivity contribution is 7.33. The summed E-state index contributed by atoms with van der Waals surface area (Å²) in [5, 5.41) is 0. The van der Waals surface area contributed by atoms with E-state index in [4.69, 9.17) is 39.4 Å². The van der Waals surface area contributed by atoms with Crippen LogP contribution in [0.25, 0.3) is 22.3 Å². The minimum atomic E-state index is -3.22. The van der Waals surface area contributed by atoms with Crippen molar-refractivity contribution in [3.05, 3.63) is 25.3 Å². The Morgan fingerprint density at radius 1 is 0.875 bits per heavy atom. The first-order chi connectivity index (χ1) is 19.4. The van der Waals surface area contributed by atoms with Gasteiger partial charge in [0.15, 0.2) is 22.9 Å². The molecule has 2 aliphatic heterocycles. The van der Waals surface area contributed by atoms with Crippen LogP contribution in [0.4, 0.5) is 11.6 Å². The van der Waals surface area contributed by atoms with Crippen molar-refractivity contribution >= 4 is 50.5 Å². The maximum Gasteiger partial charge on any atom is 0.319 e. The van der Waals surface area contributed by atoms with Crippen molar-refractivity contribution in [2.75, 3.05) is 24.7 Å². The summed E-state index contributed by atoms with van der Waals surface area (Å²) in [6.07, 6.45) is 4.38. The summed E-state index contributed by atoms with van der Waals surface area (Å²) in [5.41, 5.74) is 13.6. The third-order valence-electron chi connectivity index (χ3n) is 6.67. The van der Waals surface area contributed by atoms with Crippen molar-refractivity contribution in [3.63, 3.8) is 0 Å². The van der Waals surface area contributed by atoms with Crippen LogP contribution in [0.3, 0.4) is 0 Å². The Kier molecular flexibility index (Phi) is 7.74. The normalized spacial score (nSPS) is 26.6. The van der Waals surface area contributed by atoms with Gasteiger partial charge in [-0.15, -0.1) is 0 Å². The third-order valence-corrected chi connectivity index (χ3v) is 7.98. The number of nitrogens with zero attached hydrogens (tertiary/aromatic N) is 8. The van der Waals surface area contributed by atoms with E-state index in [-0.39, 0.29) is 43.6 Å². The van der Waals surface area contributed by atoms with Crippen molar-refractivity contribution in [2.45, 2.75) is 50.0 Å². The fourth-order valence-corrected chi connectivity index (χ4v) is 5.98. The average Bonchev–Trinajstić information content (AvgIpc) is 3.72. The topological polar surface area (TPSA) is 240 Å². The van der Waals surface area contributed by atoms with Crippen LogP contribution in [0.1, 0.15) is 31.7 Å². The Balaban J connectivity index is 1.07. The number of rotatable bonds is 10. The highest BCUT2D eigenvalue weighted by Gasteiger charge is 2.40. The van der Waals surface area contributed by atoms with Crippen LogP contribution in [0, 0.1) is 0 Å². The van der Waals surface area contributed by atoms with Crippen LogP contribution in [0.5, 0.6) is 0 Å². The lowest BCUT2D eigenvalue weighted by molar-refractivity contribution is -0.0381. The molecule has 2 unspecified atom stereocenters. The number of ether oxygens (including phenoxy) is 2. The van der Waals surface area contributed by atoms with E-state index in [2.05, 4.69) is 29.9 Å². The van der Waals surface area contributed by atoms with E-state index >= 15 is 0 Å². The third kappa shape index (κ3) is 5.44. The SMILES string of the molecule is Nc1ncnc2c1ncn2[C@H]1CC[C@@H](CO[PH](=O)O[C@H]2C[C@H](n3cnc4c(N)ncnc43)O[C@@H]2CO[PH](=O)O)O1. The molecule has 2 saturated heterocycles. The summed E-state index contributed by atoms with van der Waals surface area (Å²) in [5.74, 6) is 0.492. The number of aromatic nitrogens is 8. The molecule has 7 atom stereocenters. The van der Waals surface area contributed by atoms with Crippen molar-refractivity contribution in [3.8, 4) is 0 Å². The van der Waals surface area contributed by atoms with Gasteiger partial charge in [0, 0.05) is 6.42 Å². The van der Waals surface area contributed by atoms with Gasteiger partial charge in [-0.1, -0.05) is 0 Å². The van der Waals surface area contributed by atoms with E-state index < -0.39 is 34.9 Å². The van der Waals surface area contributed by atoms with Gasteiger partial charge in [-0.25, -0.2) is 29.9 Å². The standard InChI is InChI=1S/C20H26N10O8P2/c21-17-15-19(25-6-23-17)29(8-27-15)13-2-1-10(36-13)4-35-40(33)38-11-3-14(37-12(11)5-34-39(31)32)30-9-28-16-18(22)24-7-26-20(16)30/h6-14,39-40H,1-5H2,(H,31,32)(H2,21,23,25)(H2,22,24,26)/t10-,11-,12+,13+,14+/m0/s1. The largest absolute Gasteiger partial charge is 0.382 e. The van der Waals surface area contributed by atoms with Crippen LogP contribution < -0.4 is 11.5 Å². The van der Waals surface area contributed by atoms with E-state index in [1.54, 1.807) is 15.5 Å². The molecule has 4 aromatic heterocycles. The van der Waals surface area contributed by atoms with Gasteiger partial charge in [0.1, 0.15) is 42.2 Å². The smallest absolute Gasteiger partial charge is 0.319 e. The average molecular weight is 596 g/mol. The fraction of sp³-hybridized carbons (Fsp3) is 0.500. The zero-order chi connectivity index (χ0) is 27.8. The maximum absolute atomic E-state index is 12.8. The van der Waals surface area contributed by atoms with Crippen molar-refractivity contribution < 1.29 is 37.1 Å². The molecular formula is C20H26N10O8P2. The van der Waals surface area contributed by atoms with Crippen LogP contribution in [0.15, 0.2) is 25.3 Å². The number of nitrogen functional groups attached to an aromatic ring is 2. The van der Waals surface area contributed by atoms with E-state index in [1.807, 2.05) is 0 Å². The Morgan fingerprint density at radius 2 is 1.52 bits per heavy atom. The molecule has 0 saturated carbocycles. The summed E-state index contributed by atoms with van der Waals surface area (Å²) in [6.45, 7) is -0.225. The lowest BCUT2D eigenvalue weighted by Gasteiger charge is -2.19. The van der Waals surface area contributed by atoms with Crippen molar-refractivity contribution in [1.82, 2.24) is 39.0 Å². The number of anilines is 2. The zero-order valence-corrected chi connectivity index (χ0v) is 22.8. The molecule has 6 heterocycles. The van der Waals surface area contributed by atoms with Gasteiger partial charge in [0.05, 0.1) is 38.1 Å². The lowest BCUT2D eigenvalue weighted by atomic mass is 10.2. The van der Waals surface area contributed by atoms with Gasteiger partial charge >= 0.3 is 16.5 Å². The van der Waals surface area contributed by atoms with Crippen molar-refractivity contribution in [1.29, 1.82) is 0 Å². The Hall–Kier alpha value is -3.08. The second-order valence-corrected chi connectivity index (χ2v) is 11.0. The Bertz CT molecular complexity index is 1570. The molecule has 6 rings (SSSR count). The number of hydrogen-bond donors (Lipinski definition) is 3. The number of hydrogen-bond acceptors (Lipinski definition) is 15. The second-order valence-electron chi connectivity index (χ2n) is 9.12. The zero-order valence-electron chi connectivity index (χ0n) is 20.8. The molecule has 5 N–H and O–H groups in total. The maximum atomic E-state index is 12.8. The van der Waals surface area contributed by atoms with E-state index in [1.165, 1.54) is 19.0 Å². The molecule has 0 spiro atoms. The van der Waals surface area contributed by atoms with Gasteiger partial charge in [-0.05, 0) is 12.8 Å². The van der Waals surface area contributed by atoms with Crippen LogP contribution in [0.2, 0.25) is 0 Å². The van der Waals surface area contributed by atoms with Crippen LogP contribution in [-0.2, 0) is 32.2 Å². The molecule has 4 aromatic rings. The summed E-state index contributed by atoms with van der Waals surface area (Å²) >= 11 is 0. The predicted molar refractivity (Wildman–Crippen MR) is 138 cm³/mol. The molecule has 0 radical (unpaired) electrons. The first-order valence-corrected chi connectivity index (χ1v) is 14.7. The number of nitrogens with two attached hydrogens (primary N) is 2.